The molecule has 1 fully saturated rings. The van der Waals surface area contributed by atoms with Gasteiger partial charge in [-0.2, -0.15) is 0 Å². The summed E-state index contributed by atoms with van der Waals surface area (Å²) in [7, 11) is 2.21. The molecule has 0 saturated carbocycles. The van der Waals surface area contributed by atoms with Crippen LogP contribution in [0.15, 0.2) is 10.5 Å². The van der Waals surface area contributed by atoms with Gasteiger partial charge in [0.2, 0.25) is 0 Å². The third-order valence-electron chi connectivity index (χ3n) is 3.51. The van der Waals surface area contributed by atoms with Crippen molar-refractivity contribution in [3.8, 4) is 0 Å². The van der Waals surface area contributed by atoms with Crippen LogP contribution in [0.2, 0.25) is 0 Å². The van der Waals surface area contributed by atoms with Crippen LogP contribution >= 0.6 is 0 Å². The predicted octanol–water partition coefficient (Wildman–Crippen LogP) is 2.08. The van der Waals surface area contributed by atoms with Crippen molar-refractivity contribution in [2.24, 2.45) is 0 Å². The van der Waals surface area contributed by atoms with E-state index in [9.17, 15) is 0 Å². The number of hydrogen-bond donors (Lipinski definition) is 1. The fourth-order valence-electron chi connectivity index (χ4n) is 2.47. The second kappa shape index (κ2) is 5.02. The van der Waals surface area contributed by atoms with Crippen molar-refractivity contribution in [2.45, 2.75) is 39.3 Å². The zero-order valence-corrected chi connectivity index (χ0v) is 10.5. The lowest BCUT2D eigenvalue weighted by Crippen LogP contribution is -2.35. The van der Waals surface area contributed by atoms with Gasteiger partial charge in [0.15, 0.2) is 0 Å². The molecule has 16 heavy (non-hydrogen) atoms. The van der Waals surface area contributed by atoms with Crippen LogP contribution in [-0.2, 0) is 6.54 Å². The van der Waals surface area contributed by atoms with Gasteiger partial charge in [-0.25, -0.2) is 0 Å². The highest BCUT2D eigenvalue weighted by Gasteiger charge is 2.19. The minimum atomic E-state index is 0.716. The SMILES string of the molecule is Cc1cc(CNCC2CCCN2C)c(C)o1. The van der Waals surface area contributed by atoms with Gasteiger partial charge in [0.05, 0.1) is 0 Å². The quantitative estimate of drug-likeness (QED) is 0.845. The van der Waals surface area contributed by atoms with Crippen molar-refractivity contribution in [2.75, 3.05) is 20.1 Å². The number of nitrogens with one attached hydrogen (secondary N) is 1. The maximum Gasteiger partial charge on any atom is 0.105 e. The second-order valence-electron chi connectivity index (χ2n) is 4.85. The molecule has 0 radical (unpaired) electrons. The van der Waals surface area contributed by atoms with Gasteiger partial charge in [0.25, 0.3) is 0 Å². The van der Waals surface area contributed by atoms with Crippen LogP contribution in [0.4, 0.5) is 0 Å². The summed E-state index contributed by atoms with van der Waals surface area (Å²) in [5, 5.41) is 3.53. The highest BCUT2D eigenvalue weighted by Crippen LogP contribution is 2.15. The molecule has 90 valence electrons. The average Bonchev–Trinajstić information content (AvgIpc) is 2.75. The molecule has 2 rings (SSSR count). The van der Waals surface area contributed by atoms with E-state index in [0.717, 1.165) is 24.6 Å². The molecule has 0 spiro atoms. The number of furan rings is 1. The fraction of sp³-hybridized carbons (Fsp3) is 0.692. The van der Waals surface area contributed by atoms with Gasteiger partial charge in [-0.05, 0) is 46.3 Å². The Hall–Kier alpha value is -0.800. The smallest absolute Gasteiger partial charge is 0.105 e. The molecule has 1 saturated heterocycles. The molecule has 0 aromatic carbocycles. The molecule has 2 heterocycles. The molecule has 1 N–H and O–H groups in total. The minimum absolute atomic E-state index is 0.716. The Kier molecular flexibility index (Phi) is 3.66. The van der Waals surface area contributed by atoms with Crippen molar-refractivity contribution in [1.29, 1.82) is 0 Å². The van der Waals surface area contributed by atoms with E-state index in [2.05, 4.69) is 23.3 Å². The van der Waals surface area contributed by atoms with E-state index in [1.54, 1.807) is 0 Å². The van der Waals surface area contributed by atoms with E-state index in [0.29, 0.717) is 6.04 Å². The Bertz CT molecular complexity index is 346. The number of aryl methyl sites for hydroxylation is 2. The van der Waals surface area contributed by atoms with Gasteiger partial charge < -0.3 is 14.6 Å². The average molecular weight is 222 g/mol. The summed E-state index contributed by atoms with van der Waals surface area (Å²) < 4.78 is 5.51. The molecule has 1 unspecified atom stereocenters. The van der Waals surface area contributed by atoms with Crippen molar-refractivity contribution in [3.05, 3.63) is 23.2 Å². The summed E-state index contributed by atoms with van der Waals surface area (Å²) in [6, 6.07) is 2.84. The molecular weight excluding hydrogens is 200 g/mol. The van der Waals surface area contributed by atoms with Gasteiger partial charge in [-0.3, -0.25) is 0 Å². The minimum Gasteiger partial charge on any atom is -0.466 e. The molecule has 0 amide bonds. The lowest BCUT2D eigenvalue weighted by Gasteiger charge is -2.19. The summed E-state index contributed by atoms with van der Waals surface area (Å²) in [6.07, 6.45) is 2.67. The molecule has 0 bridgehead atoms. The molecule has 3 nitrogen and oxygen atoms in total. The van der Waals surface area contributed by atoms with Crippen molar-refractivity contribution in [3.63, 3.8) is 0 Å². The maximum absolute atomic E-state index is 5.51. The normalized spacial score (nSPS) is 21.8. The molecule has 1 aliphatic heterocycles. The largest absolute Gasteiger partial charge is 0.466 e. The maximum atomic E-state index is 5.51. The van der Waals surface area contributed by atoms with E-state index >= 15 is 0 Å². The third-order valence-corrected chi connectivity index (χ3v) is 3.51. The molecule has 1 aromatic heterocycles. The first-order valence-corrected chi connectivity index (χ1v) is 6.13. The van der Waals surface area contributed by atoms with Gasteiger partial charge in [0, 0.05) is 24.7 Å². The Morgan fingerprint density at radius 1 is 1.50 bits per heavy atom. The van der Waals surface area contributed by atoms with Crippen LogP contribution in [0.1, 0.15) is 29.9 Å². The Morgan fingerprint density at radius 2 is 2.31 bits per heavy atom. The van der Waals surface area contributed by atoms with E-state index < -0.39 is 0 Å². The van der Waals surface area contributed by atoms with Gasteiger partial charge >= 0.3 is 0 Å². The zero-order chi connectivity index (χ0) is 11.5. The topological polar surface area (TPSA) is 28.4 Å². The van der Waals surface area contributed by atoms with Crippen LogP contribution in [0.25, 0.3) is 0 Å². The Balaban J connectivity index is 1.77. The number of likely N-dealkylation sites (N-methyl/N-ethyl adjacent to an activating group) is 1. The van der Waals surface area contributed by atoms with Crippen LogP contribution in [0.5, 0.6) is 0 Å². The number of nitrogens with zero attached hydrogens (tertiary/aromatic N) is 1. The highest BCUT2D eigenvalue weighted by atomic mass is 16.3. The second-order valence-corrected chi connectivity index (χ2v) is 4.85. The lowest BCUT2D eigenvalue weighted by molar-refractivity contribution is 0.300. The van der Waals surface area contributed by atoms with Crippen molar-refractivity contribution in [1.82, 2.24) is 10.2 Å². The van der Waals surface area contributed by atoms with Crippen LogP contribution in [0.3, 0.4) is 0 Å². The van der Waals surface area contributed by atoms with Crippen LogP contribution in [-0.4, -0.2) is 31.1 Å². The highest BCUT2D eigenvalue weighted by molar-refractivity contribution is 5.19. The van der Waals surface area contributed by atoms with Gasteiger partial charge in [-0.15, -0.1) is 0 Å². The summed E-state index contributed by atoms with van der Waals surface area (Å²) in [5.74, 6) is 2.05. The monoisotopic (exact) mass is 222 g/mol. The first-order chi connectivity index (χ1) is 7.66. The van der Waals surface area contributed by atoms with E-state index in [-0.39, 0.29) is 0 Å². The number of likely N-dealkylation sites (tertiary alicyclic amines) is 1. The summed E-state index contributed by atoms with van der Waals surface area (Å²) in [4.78, 5) is 2.44. The summed E-state index contributed by atoms with van der Waals surface area (Å²) in [5.41, 5.74) is 1.29. The Morgan fingerprint density at radius 3 is 2.88 bits per heavy atom. The molecule has 3 heteroatoms. The van der Waals surface area contributed by atoms with Crippen molar-refractivity contribution >= 4 is 0 Å². The third kappa shape index (κ3) is 2.66. The van der Waals surface area contributed by atoms with Crippen molar-refractivity contribution < 1.29 is 4.42 Å². The summed E-state index contributed by atoms with van der Waals surface area (Å²) >= 11 is 0. The Labute approximate surface area is 97.8 Å². The van der Waals surface area contributed by atoms with Crippen LogP contribution in [0, 0.1) is 13.8 Å². The van der Waals surface area contributed by atoms with Gasteiger partial charge in [0.1, 0.15) is 11.5 Å². The van der Waals surface area contributed by atoms with E-state index in [4.69, 9.17) is 4.42 Å². The molecule has 1 aliphatic rings. The first-order valence-electron chi connectivity index (χ1n) is 6.13. The number of rotatable bonds is 4. The first kappa shape index (κ1) is 11.7. The molecule has 1 aromatic rings. The van der Waals surface area contributed by atoms with E-state index in [1.165, 1.54) is 24.9 Å². The standard InChI is InChI=1S/C13H22N2O/c1-10-7-12(11(2)16-10)8-14-9-13-5-4-6-15(13)3/h7,13-14H,4-6,8-9H2,1-3H3. The molecule has 0 aliphatic carbocycles. The fourth-order valence-corrected chi connectivity index (χ4v) is 2.47. The molecular formula is C13H22N2O. The van der Waals surface area contributed by atoms with Gasteiger partial charge in [-0.1, -0.05) is 0 Å². The lowest BCUT2D eigenvalue weighted by atomic mass is 10.2. The van der Waals surface area contributed by atoms with E-state index in [1.807, 2.05) is 13.8 Å². The zero-order valence-electron chi connectivity index (χ0n) is 10.5. The number of hydrogen-bond acceptors (Lipinski definition) is 3. The molecule has 1 atom stereocenters. The van der Waals surface area contributed by atoms with Crippen LogP contribution < -0.4 is 5.32 Å². The summed E-state index contributed by atoms with van der Waals surface area (Å²) in [6.45, 7) is 7.29. The predicted molar refractivity (Wildman–Crippen MR) is 65.5 cm³/mol.